The van der Waals surface area contributed by atoms with Gasteiger partial charge in [-0.05, 0) is 37.0 Å². The van der Waals surface area contributed by atoms with Gasteiger partial charge in [-0.25, -0.2) is 9.97 Å². The number of hydrogen-bond donors (Lipinski definition) is 5. The van der Waals surface area contributed by atoms with Crippen LogP contribution in [0.25, 0.3) is 0 Å². The molecule has 0 radical (unpaired) electrons. The molecule has 234 valence electrons. The van der Waals surface area contributed by atoms with Crippen LogP contribution in [0, 0.1) is 0 Å². The Balaban J connectivity index is 0.00000840. The minimum atomic E-state index is -0.687. The molecule has 0 saturated heterocycles. The fraction of sp³-hybridized carbons (Fsp3) is 0.440. The number of nitrogens with one attached hydrogen (secondary N) is 2. The molecule has 8 N–H and O–H groups in total. The summed E-state index contributed by atoms with van der Waals surface area (Å²) >= 11 is 5.79. The quantitative estimate of drug-likeness (QED) is 0.0804. The van der Waals surface area contributed by atoms with Crippen molar-refractivity contribution in [3.8, 4) is 5.75 Å². The van der Waals surface area contributed by atoms with Crippen molar-refractivity contribution in [2.45, 2.75) is 38.1 Å². The number of nitrogens with two attached hydrogens (primary N) is 3. The van der Waals surface area contributed by atoms with Crippen molar-refractivity contribution in [2.75, 3.05) is 45.4 Å². The fourth-order valence-corrected chi connectivity index (χ4v) is 3.56. The molecular weight excluding hydrogens is 615 g/mol. The van der Waals surface area contributed by atoms with Crippen molar-refractivity contribution in [1.82, 2.24) is 20.6 Å². The number of unbranched alkanes of at least 4 members (excludes halogenated alkanes) is 1. The number of ether oxygens (including phenoxy) is 3. The van der Waals surface area contributed by atoms with E-state index in [1.54, 1.807) is 0 Å². The van der Waals surface area contributed by atoms with E-state index < -0.39 is 23.9 Å². The standard InChI is InChI=1S/C25H35ClN8O6.2ClH/c1-38-18(35)13-16(14-19(36)39-2)30-11-12-40-17-8-6-15(7-9-17)5-3-4-10-31-25(29)34-24(37)20-22(27)33-23(28)21(26)32-20;;/h6-9,16,30H,3-5,10-14H2,1-2H3,(H4,27,28,33)(H3,29,31,34,37);2*1H. The summed E-state index contributed by atoms with van der Waals surface area (Å²) in [5.74, 6) is -1.13. The number of methoxy groups -OCH3 is 2. The maximum Gasteiger partial charge on any atom is 0.307 e. The third kappa shape index (κ3) is 13.9. The van der Waals surface area contributed by atoms with E-state index in [2.05, 4.69) is 35.1 Å². The number of aryl methyl sites for hydroxylation is 1. The summed E-state index contributed by atoms with van der Waals surface area (Å²) in [5, 5.41) is 5.37. The van der Waals surface area contributed by atoms with Crippen molar-refractivity contribution in [3.63, 3.8) is 0 Å². The van der Waals surface area contributed by atoms with Gasteiger partial charge in [-0.3, -0.25) is 24.7 Å². The highest BCUT2D eigenvalue weighted by Crippen LogP contribution is 2.17. The predicted molar refractivity (Wildman–Crippen MR) is 164 cm³/mol. The molecule has 0 atom stereocenters. The number of halogens is 3. The van der Waals surface area contributed by atoms with Crippen molar-refractivity contribution in [2.24, 2.45) is 10.7 Å². The molecule has 0 bridgehead atoms. The van der Waals surface area contributed by atoms with Crippen molar-refractivity contribution in [1.29, 1.82) is 0 Å². The monoisotopic (exact) mass is 650 g/mol. The Bertz CT molecular complexity index is 1170. The Kier molecular flexibility index (Phi) is 18.6. The van der Waals surface area contributed by atoms with Gasteiger partial charge < -0.3 is 36.7 Å². The van der Waals surface area contributed by atoms with Gasteiger partial charge in [0.15, 0.2) is 28.4 Å². The number of carbonyl (C=O) groups is 3. The number of aliphatic imine (C=N–C) groups is 1. The maximum absolute atomic E-state index is 12.3. The third-order valence-electron chi connectivity index (χ3n) is 5.53. The Morgan fingerprint density at radius 3 is 2.19 bits per heavy atom. The summed E-state index contributed by atoms with van der Waals surface area (Å²) in [6, 6.07) is 7.29. The van der Waals surface area contributed by atoms with Crippen LogP contribution in [0.15, 0.2) is 29.3 Å². The molecule has 42 heavy (non-hydrogen) atoms. The molecule has 17 heteroatoms. The zero-order valence-corrected chi connectivity index (χ0v) is 25.7. The highest BCUT2D eigenvalue weighted by Gasteiger charge is 2.18. The van der Waals surface area contributed by atoms with E-state index >= 15 is 0 Å². The number of rotatable bonds is 15. The van der Waals surface area contributed by atoms with E-state index in [9.17, 15) is 14.4 Å². The first-order valence-electron chi connectivity index (χ1n) is 12.4. The SMILES string of the molecule is COC(=O)CC(CC(=O)OC)NCCOc1ccc(CCCCN=C(N)NC(=O)c2nc(Cl)c(N)nc2N)cc1.Cl.Cl. The first-order chi connectivity index (χ1) is 19.1. The zero-order chi connectivity index (χ0) is 29.5. The lowest BCUT2D eigenvalue weighted by atomic mass is 10.1. The first-order valence-corrected chi connectivity index (χ1v) is 12.8. The van der Waals surface area contributed by atoms with Gasteiger partial charge in [0, 0.05) is 19.1 Å². The van der Waals surface area contributed by atoms with Crippen LogP contribution in [0.5, 0.6) is 5.75 Å². The number of anilines is 2. The van der Waals surface area contributed by atoms with Crippen LogP contribution in [0.4, 0.5) is 11.6 Å². The number of guanidine groups is 1. The number of aromatic nitrogens is 2. The Hall–Kier alpha value is -3.59. The summed E-state index contributed by atoms with van der Waals surface area (Å²) in [6.45, 7) is 1.19. The van der Waals surface area contributed by atoms with E-state index in [1.807, 2.05) is 24.3 Å². The van der Waals surface area contributed by atoms with Crippen LogP contribution in [-0.2, 0) is 25.5 Å². The van der Waals surface area contributed by atoms with Gasteiger partial charge in [-0.1, -0.05) is 23.7 Å². The maximum atomic E-state index is 12.3. The van der Waals surface area contributed by atoms with Gasteiger partial charge in [0.2, 0.25) is 0 Å². The Morgan fingerprint density at radius 1 is 0.976 bits per heavy atom. The minimum absolute atomic E-state index is 0. The number of nitrogen functional groups attached to an aromatic ring is 2. The van der Waals surface area contributed by atoms with Crippen LogP contribution in [0.1, 0.15) is 41.7 Å². The molecular formula is C25H37Cl3N8O6. The largest absolute Gasteiger partial charge is 0.492 e. The molecule has 1 amide bonds. The second kappa shape index (κ2) is 20.3. The normalized spacial score (nSPS) is 10.7. The van der Waals surface area contributed by atoms with Gasteiger partial charge in [0.05, 0.1) is 27.1 Å². The van der Waals surface area contributed by atoms with Crippen LogP contribution in [0.2, 0.25) is 5.15 Å². The molecule has 14 nitrogen and oxygen atoms in total. The van der Waals surface area contributed by atoms with Gasteiger partial charge in [0.25, 0.3) is 5.91 Å². The van der Waals surface area contributed by atoms with E-state index in [0.29, 0.717) is 25.4 Å². The molecule has 1 aromatic carbocycles. The van der Waals surface area contributed by atoms with E-state index in [-0.39, 0.29) is 66.1 Å². The van der Waals surface area contributed by atoms with Gasteiger partial charge in [0.1, 0.15) is 12.4 Å². The summed E-state index contributed by atoms with van der Waals surface area (Å²) in [4.78, 5) is 47.0. The van der Waals surface area contributed by atoms with E-state index in [0.717, 1.165) is 24.8 Å². The lowest BCUT2D eigenvalue weighted by Gasteiger charge is -2.16. The van der Waals surface area contributed by atoms with Crippen LogP contribution in [-0.4, -0.2) is 73.7 Å². The minimum Gasteiger partial charge on any atom is -0.492 e. The number of benzene rings is 1. The molecule has 0 unspecified atom stereocenters. The topological polar surface area (TPSA) is 219 Å². The molecule has 1 aromatic heterocycles. The fourth-order valence-electron chi connectivity index (χ4n) is 3.43. The predicted octanol–water partition coefficient (Wildman–Crippen LogP) is 1.67. The number of nitrogens with zero attached hydrogens (tertiary/aromatic N) is 3. The molecule has 0 aliphatic carbocycles. The lowest BCUT2D eigenvalue weighted by Crippen LogP contribution is -2.38. The Morgan fingerprint density at radius 2 is 1.60 bits per heavy atom. The second-order valence-electron chi connectivity index (χ2n) is 8.52. The summed E-state index contributed by atoms with van der Waals surface area (Å²) in [7, 11) is 2.59. The molecule has 0 saturated carbocycles. The van der Waals surface area contributed by atoms with Gasteiger partial charge >= 0.3 is 11.9 Å². The number of amides is 1. The van der Waals surface area contributed by atoms with Crippen molar-refractivity contribution >= 4 is 71.9 Å². The number of esters is 2. The smallest absolute Gasteiger partial charge is 0.307 e. The summed E-state index contributed by atoms with van der Waals surface area (Å²) in [5.41, 5.74) is 17.9. The summed E-state index contributed by atoms with van der Waals surface area (Å²) < 4.78 is 15.1. The van der Waals surface area contributed by atoms with Crippen molar-refractivity contribution in [3.05, 3.63) is 40.7 Å². The highest BCUT2D eigenvalue weighted by molar-refractivity contribution is 6.31. The third-order valence-corrected chi connectivity index (χ3v) is 5.80. The van der Waals surface area contributed by atoms with Gasteiger partial charge in [-0.2, -0.15) is 0 Å². The van der Waals surface area contributed by atoms with E-state index in [1.165, 1.54) is 14.2 Å². The number of carbonyl (C=O) groups excluding carboxylic acids is 3. The van der Waals surface area contributed by atoms with E-state index in [4.69, 9.17) is 33.5 Å². The number of hydrogen-bond acceptors (Lipinski definition) is 12. The molecule has 2 rings (SSSR count). The molecule has 0 aliphatic heterocycles. The molecule has 0 spiro atoms. The van der Waals surface area contributed by atoms with Crippen LogP contribution >= 0.6 is 36.4 Å². The molecule has 0 fully saturated rings. The average molecular weight is 652 g/mol. The second-order valence-corrected chi connectivity index (χ2v) is 8.87. The van der Waals surface area contributed by atoms with Crippen LogP contribution < -0.4 is 32.6 Å². The molecule has 1 heterocycles. The zero-order valence-electron chi connectivity index (χ0n) is 23.3. The first kappa shape index (κ1) is 38.4. The van der Waals surface area contributed by atoms with Crippen LogP contribution in [0.3, 0.4) is 0 Å². The van der Waals surface area contributed by atoms with Crippen molar-refractivity contribution < 1.29 is 28.6 Å². The molecule has 0 aliphatic rings. The summed E-state index contributed by atoms with van der Waals surface area (Å²) in [6.07, 6.45) is 2.52. The lowest BCUT2D eigenvalue weighted by molar-refractivity contribution is -0.143. The average Bonchev–Trinajstić information content (AvgIpc) is 2.93. The molecule has 2 aromatic rings. The highest BCUT2D eigenvalue weighted by atomic mass is 35.5. The Labute approximate surface area is 261 Å². The van der Waals surface area contributed by atoms with Gasteiger partial charge in [-0.15, -0.1) is 24.8 Å².